The number of fused-ring (bicyclic) bond motifs is 1. The van der Waals surface area contributed by atoms with Gasteiger partial charge in [0.15, 0.2) is 12.1 Å². The summed E-state index contributed by atoms with van der Waals surface area (Å²) in [5.74, 6) is -0.807. The number of alkyl carbamates (subject to hydrolysis) is 1. The fourth-order valence-electron chi connectivity index (χ4n) is 5.39. The highest BCUT2D eigenvalue weighted by Crippen LogP contribution is 2.34. The average Bonchev–Trinajstić information content (AvgIpc) is 3.46. The van der Waals surface area contributed by atoms with Crippen molar-refractivity contribution in [2.24, 2.45) is 5.92 Å². The van der Waals surface area contributed by atoms with Crippen LogP contribution in [0.1, 0.15) is 71.1 Å². The van der Waals surface area contributed by atoms with Gasteiger partial charge in [0.2, 0.25) is 0 Å². The second kappa shape index (κ2) is 11.8. The molecule has 10 nitrogen and oxygen atoms in total. The standard InChI is InChI=1S/C29H41N3O7/c1-9-18(3)24(30-26(34)39-29(5,6)7)25(33)32(28(36)37-8)17-22(14-19(32)4)38-27(35)31-15-21-13-11-12-20(10-2)23(21)16-31/h10-13,18-19,22,24H,2,9,14-17H2,1,3-8H3/p+1/t18-,19?,22+,24-,32?/m0/s1. The Morgan fingerprint density at radius 2 is 1.92 bits per heavy atom. The lowest BCUT2D eigenvalue weighted by molar-refractivity contribution is -0.795. The molecule has 1 fully saturated rings. The maximum absolute atomic E-state index is 14.1. The first-order valence-corrected chi connectivity index (χ1v) is 13.5. The molecule has 39 heavy (non-hydrogen) atoms. The zero-order valence-electron chi connectivity index (χ0n) is 24.1. The van der Waals surface area contributed by atoms with Crippen molar-refractivity contribution in [1.29, 1.82) is 0 Å². The Bertz CT molecular complexity index is 1130. The first kappa shape index (κ1) is 30.1. The molecule has 2 aliphatic rings. The summed E-state index contributed by atoms with van der Waals surface area (Å²) < 4.78 is 15.7. The minimum absolute atomic E-state index is 0.0833. The molecule has 1 aromatic rings. The van der Waals surface area contributed by atoms with E-state index in [4.69, 9.17) is 14.2 Å². The topological polar surface area (TPSA) is 111 Å². The van der Waals surface area contributed by atoms with Crippen LogP contribution in [-0.2, 0) is 32.1 Å². The van der Waals surface area contributed by atoms with Crippen molar-refractivity contribution in [1.82, 2.24) is 10.2 Å². The highest BCUT2D eigenvalue weighted by molar-refractivity contribution is 5.88. The van der Waals surface area contributed by atoms with Gasteiger partial charge in [-0.1, -0.05) is 51.1 Å². The third-order valence-electron chi connectivity index (χ3n) is 7.66. The highest BCUT2D eigenvalue weighted by atomic mass is 16.6. The van der Waals surface area contributed by atoms with Crippen LogP contribution in [0.2, 0.25) is 0 Å². The number of ether oxygens (including phenoxy) is 3. The first-order chi connectivity index (χ1) is 18.3. The van der Waals surface area contributed by atoms with Gasteiger partial charge < -0.3 is 19.5 Å². The van der Waals surface area contributed by atoms with Crippen LogP contribution in [0.15, 0.2) is 24.8 Å². The van der Waals surface area contributed by atoms with Gasteiger partial charge in [-0.3, -0.25) is 4.90 Å². The minimum atomic E-state index is -1.01. The van der Waals surface area contributed by atoms with Gasteiger partial charge in [-0.15, -0.1) is 0 Å². The normalized spacial score (nSPS) is 23.8. The second-order valence-electron chi connectivity index (χ2n) is 11.5. The van der Waals surface area contributed by atoms with Crippen LogP contribution < -0.4 is 5.32 Å². The Morgan fingerprint density at radius 3 is 2.51 bits per heavy atom. The Hall–Kier alpha value is -3.40. The number of amides is 4. The lowest BCUT2D eigenvalue weighted by atomic mass is 9.96. The van der Waals surface area contributed by atoms with E-state index < -0.39 is 52.5 Å². The molecular formula is C29H42N3O7+. The third-order valence-corrected chi connectivity index (χ3v) is 7.66. The third kappa shape index (κ3) is 6.27. The monoisotopic (exact) mass is 544 g/mol. The first-order valence-electron chi connectivity index (χ1n) is 13.5. The quantitative estimate of drug-likeness (QED) is 0.397. The van der Waals surface area contributed by atoms with Crippen molar-refractivity contribution in [2.45, 2.75) is 91.3 Å². The van der Waals surface area contributed by atoms with E-state index >= 15 is 0 Å². The Morgan fingerprint density at radius 1 is 1.23 bits per heavy atom. The van der Waals surface area contributed by atoms with Crippen molar-refractivity contribution >= 4 is 30.3 Å². The van der Waals surface area contributed by atoms with E-state index in [-0.39, 0.29) is 18.9 Å². The highest BCUT2D eigenvalue weighted by Gasteiger charge is 2.61. The van der Waals surface area contributed by atoms with Gasteiger partial charge in [0.25, 0.3) is 0 Å². The summed E-state index contributed by atoms with van der Waals surface area (Å²) in [6.07, 6.45) is -0.0914. The number of hydrogen-bond donors (Lipinski definition) is 1. The number of methoxy groups -OCH3 is 1. The smallest absolute Gasteiger partial charge is 0.444 e. The van der Waals surface area contributed by atoms with Gasteiger partial charge in [-0.2, -0.15) is 9.28 Å². The number of benzene rings is 1. The molecule has 0 spiro atoms. The van der Waals surface area contributed by atoms with Crippen LogP contribution in [0.4, 0.5) is 14.4 Å². The second-order valence-corrected chi connectivity index (χ2v) is 11.5. The Kier molecular flexibility index (Phi) is 9.10. The fourth-order valence-corrected chi connectivity index (χ4v) is 5.39. The number of rotatable bonds is 6. The van der Waals surface area contributed by atoms with Crippen LogP contribution in [0.25, 0.3) is 6.08 Å². The van der Waals surface area contributed by atoms with Crippen molar-refractivity contribution in [3.8, 4) is 0 Å². The van der Waals surface area contributed by atoms with Crippen molar-refractivity contribution in [3.63, 3.8) is 0 Å². The SMILES string of the molecule is C=Cc1cccc2c1CN(C(=O)O[C@@H]1CC(C)[N+](C(=O)OC)(C(=O)[C@@H](NC(=O)OC(C)(C)C)[C@@H](C)CC)C1)C2. The number of nitrogens with one attached hydrogen (secondary N) is 1. The number of carbonyl (C=O) groups excluding carboxylic acids is 4. The molecule has 1 N–H and O–H groups in total. The zero-order valence-corrected chi connectivity index (χ0v) is 24.1. The van der Waals surface area contributed by atoms with E-state index in [9.17, 15) is 19.2 Å². The molecule has 2 aliphatic heterocycles. The van der Waals surface area contributed by atoms with Crippen LogP contribution >= 0.6 is 0 Å². The molecule has 0 saturated carbocycles. The number of likely N-dealkylation sites (tertiary alicyclic amines) is 1. The predicted octanol–water partition coefficient (Wildman–Crippen LogP) is 4.99. The van der Waals surface area contributed by atoms with E-state index in [1.54, 1.807) is 38.7 Å². The summed E-state index contributed by atoms with van der Waals surface area (Å²) in [5, 5.41) is 2.69. The number of nitrogens with zero attached hydrogens (tertiary/aromatic N) is 2. The van der Waals surface area contributed by atoms with Gasteiger partial charge in [-0.25, -0.2) is 14.4 Å². The molecule has 5 atom stereocenters. The largest absolute Gasteiger partial charge is 0.523 e. The maximum Gasteiger partial charge on any atom is 0.523 e. The van der Waals surface area contributed by atoms with Crippen LogP contribution in [0.5, 0.6) is 0 Å². The van der Waals surface area contributed by atoms with Crippen molar-refractivity contribution < 1.29 is 37.9 Å². The lowest BCUT2D eigenvalue weighted by Gasteiger charge is -2.35. The Balaban J connectivity index is 1.81. The summed E-state index contributed by atoms with van der Waals surface area (Å²) in [7, 11) is 1.22. The Labute approximate surface area is 230 Å². The van der Waals surface area contributed by atoms with E-state index in [1.807, 2.05) is 32.0 Å². The summed E-state index contributed by atoms with van der Waals surface area (Å²) in [6, 6.07) is 4.30. The molecule has 0 aliphatic carbocycles. The lowest BCUT2D eigenvalue weighted by Crippen LogP contribution is -2.66. The van der Waals surface area contributed by atoms with Gasteiger partial charge in [0, 0.05) is 13.0 Å². The summed E-state index contributed by atoms with van der Waals surface area (Å²) in [5.41, 5.74) is 2.27. The molecule has 1 aromatic carbocycles. The zero-order chi connectivity index (χ0) is 29.1. The predicted molar refractivity (Wildman–Crippen MR) is 145 cm³/mol. The maximum atomic E-state index is 14.1. The van der Waals surface area contributed by atoms with Crippen molar-refractivity contribution in [3.05, 3.63) is 41.5 Å². The summed E-state index contributed by atoms with van der Waals surface area (Å²) in [4.78, 5) is 54.8. The number of imide groups is 1. The molecule has 10 heteroatoms. The molecule has 1 saturated heterocycles. The van der Waals surface area contributed by atoms with Crippen LogP contribution in [0, 0.1) is 5.92 Å². The molecule has 2 heterocycles. The fraction of sp³-hybridized carbons (Fsp3) is 0.586. The van der Waals surface area contributed by atoms with Crippen LogP contribution in [-0.4, -0.2) is 71.0 Å². The molecule has 0 bridgehead atoms. The minimum Gasteiger partial charge on any atom is -0.444 e. The van der Waals surface area contributed by atoms with Gasteiger partial charge in [0.05, 0.1) is 13.7 Å². The molecule has 4 amide bonds. The average molecular weight is 545 g/mol. The van der Waals surface area contributed by atoms with Gasteiger partial charge in [-0.05, 0) is 50.3 Å². The number of hydrogen-bond acceptors (Lipinski definition) is 7. The molecule has 0 aromatic heterocycles. The van der Waals surface area contributed by atoms with Crippen LogP contribution in [0.3, 0.4) is 0 Å². The molecular weight excluding hydrogens is 502 g/mol. The van der Waals surface area contributed by atoms with E-state index in [2.05, 4.69) is 11.9 Å². The number of carbonyl (C=O) groups is 4. The number of quaternary nitrogens is 1. The van der Waals surface area contributed by atoms with Gasteiger partial charge in [0.1, 0.15) is 18.2 Å². The molecule has 3 rings (SSSR count). The van der Waals surface area contributed by atoms with Crippen molar-refractivity contribution in [2.75, 3.05) is 13.7 Å². The van der Waals surface area contributed by atoms with Gasteiger partial charge >= 0.3 is 24.2 Å². The molecule has 214 valence electrons. The summed E-state index contributed by atoms with van der Waals surface area (Å²) >= 11 is 0. The molecule has 2 unspecified atom stereocenters. The summed E-state index contributed by atoms with van der Waals surface area (Å²) in [6.45, 7) is 15.2. The molecule has 0 radical (unpaired) electrons. The van der Waals surface area contributed by atoms with E-state index in [1.165, 1.54) is 7.11 Å². The van der Waals surface area contributed by atoms with E-state index in [0.29, 0.717) is 19.5 Å². The van der Waals surface area contributed by atoms with E-state index in [0.717, 1.165) is 16.7 Å².